The van der Waals surface area contributed by atoms with Crippen LogP contribution >= 0.6 is 11.6 Å². The highest BCUT2D eigenvalue weighted by atomic mass is 35.5. The molecule has 2 N–H and O–H groups in total. The molecule has 0 saturated heterocycles. The van der Waals surface area contributed by atoms with Crippen molar-refractivity contribution in [3.05, 3.63) is 89.3 Å². The molecule has 0 aliphatic carbocycles. The standard InChI is InChI=1S/C23H19ClN2O4S/c1-29-23-18(8-5-9-19(23)24)21-22(16-10-12-17(13-11-16)31(25,27)28)30-20(26-21)14-15-6-3-2-4-7-15/h2-13H,14H2,1H3,(H2,25,27,28). The number of halogens is 1. The van der Waals surface area contributed by atoms with Gasteiger partial charge in [-0.3, -0.25) is 0 Å². The molecule has 0 radical (unpaired) electrons. The highest BCUT2D eigenvalue weighted by Gasteiger charge is 2.22. The van der Waals surface area contributed by atoms with Crippen molar-refractivity contribution in [1.29, 1.82) is 0 Å². The second-order valence-corrected chi connectivity index (χ2v) is 8.81. The molecule has 0 bridgehead atoms. The third-order valence-corrected chi connectivity index (χ3v) is 5.97. The Labute approximate surface area is 185 Å². The molecule has 3 aromatic carbocycles. The minimum atomic E-state index is -3.80. The van der Waals surface area contributed by atoms with E-state index in [1.165, 1.54) is 19.2 Å². The summed E-state index contributed by atoms with van der Waals surface area (Å²) in [4.78, 5) is 4.74. The molecule has 8 heteroatoms. The average molecular weight is 455 g/mol. The van der Waals surface area contributed by atoms with Gasteiger partial charge in [-0.1, -0.05) is 48.0 Å². The van der Waals surface area contributed by atoms with E-state index >= 15 is 0 Å². The molecule has 158 valence electrons. The highest BCUT2D eigenvalue weighted by Crippen LogP contribution is 2.41. The van der Waals surface area contributed by atoms with Crippen LogP contribution in [0, 0.1) is 0 Å². The minimum absolute atomic E-state index is 0.0159. The number of benzene rings is 3. The summed E-state index contributed by atoms with van der Waals surface area (Å²) in [5.41, 5.74) is 2.91. The minimum Gasteiger partial charge on any atom is -0.494 e. The fourth-order valence-electron chi connectivity index (χ4n) is 3.29. The van der Waals surface area contributed by atoms with E-state index in [2.05, 4.69) is 0 Å². The van der Waals surface area contributed by atoms with Crippen molar-refractivity contribution < 1.29 is 17.6 Å². The third kappa shape index (κ3) is 4.49. The van der Waals surface area contributed by atoms with E-state index in [1.807, 2.05) is 36.4 Å². The van der Waals surface area contributed by atoms with Crippen molar-refractivity contribution in [1.82, 2.24) is 4.98 Å². The van der Waals surface area contributed by atoms with Crippen molar-refractivity contribution in [2.24, 2.45) is 5.14 Å². The summed E-state index contributed by atoms with van der Waals surface area (Å²) in [6.45, 7) is 0. The molecule has 0 aliphatic heterocycles. The molecule has 31 heavy (non-hydrogen) atoms. The van der Waals surface area contributed by atoms with E-state index in [4.69, 9.17) is 30.9 Å². The van der Waals surface area contributed by atoms with Crippen molar-refractivity contribution in [2.45, 2.75) is 11.3 Å². The topological polar surface area (TPSA) is 95.4 Å². The molecule has 4 rings (SSSR count). The third-order valence-electron chi connectivity index (χ3n) is 4.74. The summed E-state index contributed by atoms with van der Waals surface area (Å²) in [6, 6.07) is 21.3. The molecule has 0 atom stereocenters. The zero-order chi connectivity index (χ0) is 22.0. The summed E-state index contributed by atoms with van der Waals surface area (Å²) in [5, 5.41) is 5.66. The van der Waals surface area contributed by atoms with E-state index in [-0.39, 0.29) is 4.90 Å². The van der Waals surface area contributed by atoms with Gasteiger partial charge >= 0.3 is 0 Å². The summed E-state index contributed by atoms with van der Waals surface area (Å²) in [7, 11) is -2.26. The smallest absolute Gasteiger partial charge is 0.238 e. The molecular weight excluding hydrogens is 436 g/mol. The first-order chi connectivity index (χ1) is 14.9. The van der Waals surface area contributed by atoms with E-state index in [9.17, 15) is 8.42 Å². The number of ether oxygens (including phenoxy) is 1. The number of methoxy groups -OCH3 is 1. The largest absolute Gasteiger partial charge is 0.494 e. The molecule has 1 aromatic heterocycles. The maximum Gasteiger partial charge on any atom is 0.238 e. The maximum atomic E-state index is 11.6. The summed E-state index contributed by atoms with van der Waals surface area (Å²) in [6.07, 6.45) is 0.492. The first-order valence-electron chi connectivity index (χ1n) is 9.36. The number of hydrogen-bond acceptors (Lipinski definition) is 5. The summed E-state index contributed by atoms with van der Waals surface area (Å²) in [5.74, 6) is 1.47. The van der Waals surface area contributed by atoms with Gasteiger partial charge < -0.3 is 9.15 Å². The first kappa shape index (κ1) is 21.1. The Balaban J connectivity index is 1.86. The van der Waals surface area contributed by atoms with E-state index < -0.39 is 10.0 Å². The lowest BCUT2D eigenvalue weighted by Crippen LogP contribution is -2.11. The van der Waals surface area contributed by atoms with Crippen LogP contribution in [0.15, 0.2) is 82.1 Å². The summed E-state index contributed by atoms with van der Waals surface area (Å²) < 4.78 is 34.9. The van der Waals surface area contributed by atoms with Crippen LogP contribution in [0.25, 0.3) is 22.6 Å². The van der Waals surface area contributed by atoms with E-state index in [0.29, 0.717) is 45.7 Å². The maximum absolute atomic E-state index is 11.6. The van der Waals surface area contributed by atoms with Gasteiger partial charge in [-0.2, -0.15) is 0 Å². The number of nitrogens with zero attached hydrogens (tertiary/aromatic N) is 1. The molecule has 1 heterocycles. The zero-order valence-electron chi connectivity index (χ0n) is 16.6. The lowest BCUT2D eigenvalue weighted by atomic mass is 10.0. The second-order valence-electron chi connectivity index (χ2n) is 6.84. The number of nitrogens with two attached hydrogens (primary N) is 1. The molecule has 0 aliphatic rings. The van der Waals surface area contributed by atoms with Crippen LogP contribution in [-0.4, -0.2) is 20.5 Å². The van der Waals surface area contributed by atoms with Gasteiger partial charge in [-0.05, 0) is 42.0 Å². The number of rotatable bonds is 6. The normalized spacial score (nSPS) is 11.5. The molecule has 4 aromatic rings. The van der Waals surface area contributed by atoms with Gasteiger partial charge in [0.25, 0.3) is 0 Å². The number of primary sulfonamides is 1. The van der Waals surface area contributed by atoms with Crippen LogP contribution < -0.4 is 9.88 Å². The fourth-order valence-corrected chi connectivity index (χ4v) is 4.05. The van der Waals surface area contributed by atoms with Crippen LogP contribution in [-0.2, 0) is 16.4 Å². The van der Waals surface area contributed by atoms with Crippen LogP contribution in [0.2, 0.25) is 5.02 Å². The second kappa shape index (κ2) is 8.55. The van der Waals surface area contributed by atoms with Gasteiger partial charge in [-0.15, -0.1) is 0 Å². The Morgan fingerprint density at radius 3 is 2.35 bits per heavy atom. The molecule has 0 saturated carbocycles. The quantitative estimate of drug-likeness (QED) is 0.446. The monoisotopic (exact) mass is 454 g/mol. The molecule has 0 amide bonds. The number of para-hydroxylation sites is 1. The van der Waals surface area contributed by atoms with Gasteiger partial charge in [0.2, 0.25) is 10.0 Å². The van der Waals surface area contributed by atoms with Crippen LogP contribution in [0.3, 0.4) is 0 Å². The van der Waals surface area contributed by atoms with Crippen molar-refractivity contribution in [3.8, 4) is 28.3 Å². The molecule has 0 fully saturated rings. The fraction of sp³-hybridized carbons (Fsp3) is 0.0870. The van der Waals surface area contributed by atoms with Crippen molar-refractivity contribution in [3.63, 3.8) is 0 Å². The van der Waals surface area contributed by atoms with Gasteiger partial charge in [-0.25, -0.2) is 18.5 Å². The van der Waals surface area contributed by atoms with E-state index in [1.54, 1.807) is 24.3 Å². The van der Waals surface area contributed by atoms with Crippen molar-refractivity contribution >= 4 is 21.6 Å². The number of oxazole rings is 1. The molecule has 0 unspecified atom stereocenters. The van der Waals surface area contributed by atoms with Crippen LogP contribution in [0.1, 0.15) is 11.5 Å². The first-order valence-corrected chi connectivity index (χ1v) is 11.3. The Morgan fingerprint density at radius 2 is 1.71 bits per heavy atom. The molecule has 6 nitrogen and oxygen atoms in total. The van der Waals surface area contributed by atoms with Crippen LogP contribution in [0.5, 0.6) is 5.75 Å². The number of sulfonamides is 1. The lowest BCUT2D eigenvalue weighted by molar-refractivity contribution is 0.416. The number of hydrogen-bond donors (Lipinski definition) is 1. The molecule has 0 spiro atoms. The molecular formula is C23H19ClN2O4S. The Bertz CT molecular complexity index is 1320. The SMILES string of the molecule is COc1c(Cl)cccc1-c1nc(Cc2ccccc2)oc1-c1ccc(S(N)(=O)=O)cc1. The van der Waals surface area contributed by atoms with Gasteiger partial charge in [0, 0.05) is 17.5 Å². The lowest BCUT2D eigenvalue weighted by Gasteiger charge is -2.09. The van der Waals surface area contributed by atoms with Crippen LogP contribution in [0.4, 0.5) is 0 Å². The predicted octanol–water partition coefficient (Wildman–Crippen LogP) is 4.91. The van der Waals surface area contributed by atoms with Gasteiger partial charge in [0.15, 0.2) is 11.7 Å². The predicted molar refractivity (Wildman–Crippen MR) is 120 cm³/mol. The highest BCUT2D eigenvalue weighted by molar-refractivity contribution is 7.89. The average Bonchev–Trinajstić information content (AvgIpc) is 3.17. The number of aromatic nitrogens is 1. The zero-order valence-corrected chi connectivity index (χ0v) is 18.2. The van der Waals surface area contributed by atoms with Crippen molar-refractivity contribution in [2.75, 3.05) is 7.11 Å². The summed E-state index contributed by atoms with van der Waals surface area (Å²) >= 11 is 6.32. The Hall–Kier alpha value is -3.13. The van der Waals surface area contributed by atoms with Gasteiger partial charge in [0.05, 0.1) is 17.0 Å². The van der Waals surface area contributed by atoms with Gasteiger partial charge in [0.1, 0.15) is 11.4 Å². The Kier molecular flexibility index (Phi) is 5.82. The van der Waals surface area contributed by atoms with E-state index in [0.717, 1.165) is 5.56 Å². The Morgan fingerprint density at radius 1 is 1.00 bits per heavy atom.